The highest BCUT2D eigenvalue weighted by Gasteiger charge is 2.18. The van der Waals surface area contributed by atoms with Crippen LogP contribution in [0, 0.1) is 5.82 Å². The summed E-state index contributed by atoms with van der Waals surface area (Å²) in [4.78, 5) is 4.53. The first kappa shape index (κ1) is 17.4. The molecule has 128 valence electrons. The van der Waals surface area contributed by atoms with Gasteiger partial charge in [-0.2, -0.15) is 0 Å². The zero-order valence-electron chi connectivity index (χ0n) is 13.2. The molecule has 1 saturated heterocycles. The van der Waals surface area contributed by atoms with Gasteiger partial charge in [0.1, 0.15) is 11.6 Å². The van der Waals surface area contributed by atoms with E-state index in [0.29, 0.717) is 9.59 Å². The zero-order chi connectivity index (χ0) is 16.9. The molecule has 1 aliphatic rings. The fourth-order valence-corrected chi connectivity index (χ4v) is 3.48. The lowest BCUT2D eigenvalue weighted by Crippen LogP contribution is -2.37. The normalized spacial score (nSPS) is 16.0. The van der Waals surface area contributed by atoms with Crippen molar-refractivity contribution in [2.45, 2.75) is 13.0 Å². The predicted molar refractivity (Wildman–Crippen MR) is 100 cm³/mol. The Morgan fingerprint density at radius 1 is 1.25 bits per heavy atom. The fourth-order valence-electron chi connectivity index (χ4n) is 2.74. The van der Waals surface area contributed by atoms with Gasteiger partial charge in [0.15, 0.2) is 5.11 Å². The number of hydrogen-bond donors (Lipinski definition) is 1. The minimum atomic E-state index is -0.276. The van der Waals surface area contributed by atoms with E-state index < -0.39 is 0 Å². The number of anilines is 1. The first-order valence-electron chi connectivity index (χ1n) is 7.87. The van der Waals surface area contributed by atoms with Crippen molar-refractivity contribution >= 4 is 38.9 Å². The number of nitrogens with one attached hydrogen (secondary N) is 1. The summed E-state index contributed by atoms with van der Waals surface area (Å²) in [6.07, 6.45) is 2.74. The summed E-state index contributed by atoms with van der Waals surface area (Å²) in [6.45, 7) is 4.52. The summed E-state index contributed by atoms with van der Waals surface area (Å²) in [7, 11) is 0. The number of halogens is 2. The van der Waals surface area contributed by atoms with Crippen molar-refractivity contribution in [3.8, 4) is 0 Å². The first-order chi connectivity index (χ1) is 11.6. The molecule has 0 atom stereocenters. The van der Waals surface area contributed by atoms with Crippen molar-refractivity contribution in [1.29, 1.82) is 0 Å². The minimum Gasteiger partial charge on any atom is -0.468 e. The van der Waals surface area contributed by atoms with Gasteiger partial charge >= 0.3 is 0 Å². The van der Waals surface area contributed by atoms with E-state index in [-0.39, 0.29) is 5.82 Å². The van der Waals surface area contributed by atoms with Gasteiger partial charge in [0.2, 0.25) is 0 Å². The molecule has 1 fully saturated rings. The average Bonchev–Trinajstić information content (AvgIpc) is 2.94. The lowest BCUT2D eigenvalue weighted by molar-refractivity contribution is 0.255. The Morgan fingerprint density at radius 3 is 2.88 bits per heavy atom. The second-order valence-electron chi connectivity index (χ2n) is 5.75. The number of rotatable bonds is 3. The van der Waals surface area contributed by atoms with Gasteiger partial charge in [-0.25, -0.2) is 4.39 Å². The van der Waals surface area contributed by atoms with Crippen molar-refractivity contribution in [3.63, 3.8) is 0 Å². The van der Waals surface area contributed by atoms with Crippen LogP contribution in [0.1, 0.15) is 12.2 Å². The molecular formula is C17H19BrFN3OS. The highest BCUT2D eigenvalue weighted by atomic mass is 79.9. The van der Waals surface area contributed by atoms with Gasteiger partial charge in [-0.3, -0.25) is 4.90 Å². The molecule has 0 spiro atoms. The minimum absolute atomic E-state index is 0.276. The zero-order valence-corrected chi connectivity index (χ0v) is 15.6. The molecule has 4 nitrogen and oxygen atoms in total. The van der Waals surface area contributed by atoms with E-state index in [4.69, 9.17) is 16.6 Å². The number of nitrogens with zero attached hydrogens (tertiary/aromatic N) is 2. The third-order valence-electron chi connectivity index (χ3n) is 4.01. The lowest BCUT2D eigenvalue weighted by Gasteiger charge is -2.25. The maximum Gasteiger partial charge on any atom is 0.173 e. The van der Waals surface area contributed by atoms with Crippen LogP contribution in [0.2, 0.25) is 0 Å². The summed E-state index contributed by atoms with van der Waals surface area (Å²) < 4.78 is 19.3. The van der Waals surface area contributed by atoms with Gasteiger partial charge in [0.05, 0.1) is 18.5 Å². The van der Waals surface area contributed by atoms with Gasteiger partial charge in [-0.1, -0.05) is 0 Å². The standard InChI is InChI=1S/C17H19BrFN3OS/c18-15-11-13(19)4-5-16(15)20-17(24)22-7-2-6-21(8-9-22)12-14-3-1-10-23-14/h1,3-5,10-11H,2,6-9,12H2,(H,20,24). The molecule has 0 unspecified atom stereocenters. The molecule has 0 saturated carbocycles. The number of thiocarbonyl (C=S) groups is 1. The molecule has 0 amide bonds. The van der Waals surface area contributed by atoms with Crippen molar-refractivity contribution in [3.05, 3.63) is 52.6 Å². The highest BCUT2D eigenvalue weighted by molar-refractivity contribution is 9.10. The van der Waals surface area contributed by atoms with E-state index in [9.17, 15) is 4.39 Å². The molecule has 7 heteroatoms. The van der Waals surface area contributed by atoms with Gasteiger partial charge in [0.25, 0.3) is 0 Å². The topological polar surface area (TPSA) is 31.6 Å². The Morgan fingerprint density at radius 2 is 2.12 bits per heavy atom. The third-order valence-corrected chi connectivity index (χ3v) is 5.02. The van der Waals surface area contributed by atoms with E-state index in [0.717, 1.165) is 50.6 Å². The second kappa shape index (κ2) is 8.09. The molecule has 0 aliphatic carbocycles. The third kappa shape index (κ3) is 4.55. The molecule has 3 rings (SSSR count). The van der Waals surface area contributed by atoms with E-state index in [1.54, 1.807) is 12.3 Å². The largest absolute Gasteiger partial charge is 0.468 e. The van der Waals surface area contributed by atoms with Gasteiger partial charge in [0, 0.05) is 30.7 Å². The molecule has 24 heavy (non-hydrogen) atoms. The molecule has 2 heterocycles. The second-order valence-corrected chi connectivity index (χ2v) is 6.99. The fraction of sp³-hybridized carbons (Fsp3) is 0.353. The Labute approximate surface area is 154 Å². The van der Waals surface area contributed by atoms with Crippen molar-refractivity contribution in [2.24, 2.45) is 0 Å². The van der Waals surface area contributed by atoms with E-state index in [1.165, 1.54) is 12.1 Å². The summed E-state index contributed by atoms with van der Waals surface area (Å²) in [5, 5.41) is 3.87. The predicted octanol–water partition coefficient (Wildman–Crippen LogP) is 4.09. The van der Waals surface area contributed by atoms with Crippen molar-refractivity contribution in [1.82, 2.24) is 9.80 Å². The molecule has 0 radical (unpaired) electrons. The van der Waals surface area contributed by atoms with Gasteiger partial charge in [-0.15, -0.1) is 0 Å². The van der Waals surface area contributed by atoms with Crippen LogP contribution in [0.4, 0.5) is 10.1 Å². The van der Waals surface area contributed by atoms with Crippen LogP contribution in [0.15, 0.2) is 45.5 Å². The first-order valence-corrected chi connectivity index (χ1v) is 9.07. The maximum atomic E-state index is 13.2. The summed E-state index contributed by atoms with van der Waals surface area (Å²) in [5.41, 5.74) is 0.776. The molecule has 1 aliphatic heterocycles. The molecular weight excluding hydrogens is 393 g/mol. The highest BCUT2D eigenvalue weighted by Crippen LogP contribution is 2.23. The van der Waals surface area contributed by atoms with E-state index in [1.807, 2.05) is 12.1 Å². The van der Waals surface area contributed by atoms with Gasteiger partial charge < -0.3 is 14.6 Å². The van der Waals surface area contributed by atoms with Crippen LogP contribution < -0.4 is 5.32 Å². The van der Waals surface area contributed by atoms with Crippen molar-refractivity contribution < 1.29 is 8.81 Å². The molecule has 2 aromatic rings. The molecule has 0 bridgehead atoms. The summed E-state index contributed by atoms with van der Waals surface area (Å²) in [5.74, 6) is 0.709. The Balaban J connectivity index is 1.56. The smallest absolute Gasteiger partial charge is 0.173 e. The molecule has 1 N–H and O–H groups in total. The summed E-state index contributed by atoms with van der Waals surface area (Å²) >= 11 is 8.88. The van der Waals surface area contributed by atoms with Crippen LogP contribution in [0.3, 0.4) is 0 Å². The van der Waals surface area contributed by atoms with Crippen LogP contribution in [0.25, 0.3) is 0 Å². The van der Waals surface area contributed by atoms with Crippen LogP contribution >= 0.6 is 28.1 Å². The summed E-state index contributed by atoms with van der Waals surface area (Å²) in [6, 6.07) is 8.45. The number of furan rings is 1. The molecule has 1 aromatic heterocycles. The SMILES string of the molecule is Fc1ccc(NC(=S)N2CCCN(Cc3ccco3)CC2)c(Br)c1. The number of hydrogen-bond acceptors (Lipinski definition) is 3. The van der Waals surface area contributed by atoms with Crippen LogP contribution in [0.5, 0.6) is 0 Å². The van der Waals surface area contributed by atoms with Gasteiger partial charge in [-0.05, 0) is 64.9 Å². The van der Waals surface area contributed by atoms with Crippen LogP contribution in [-0.2, 0) is 6.54 Å². The van der Waals surface area contributed by atoms with E-state index >= 15 is 0 Å². The Bertz CT molecular complexity index is 695. The Kier molecular flexibility index (Phi) is 5.86. The monoisotopic (exact) mass is 411 g/mol. The quantitative estimate of drug-likeness (QED) is 0.768. The van der Waals surface area contributed by atoms with E-state index in [2.05, 4.69) is 31.0 Å². The molecule has 1 aromatic carbocycles. The number of benzene rings is 1. The van der Waals surface area contributed by atoms with Crippen LogP contribution in [-0.4, -0.2) is 41.1 Å². The Hall–Kier alpha value is -1.44. The maximum absolute atomic E-state index is 13.2. The lowest BCUT2D eigenvalue weighted by atomic mass is 10.3. The van der Waals surface area contributed by atoms with Crippen molar-refractivity contribution in [2.75, 3.05) is 31.5 Å². The average molecular weight is 412 g/mol.